The van der Waals surface area contributed by atoms with Gasteiger partial charge in [-0.3, -0.25) is 14.3 Å². The predicted octanol–water partition coefficient (Wildman–Crippen LogP) is 3.58. The minimum atomic E-state index is -0.417. The smallest absolute Gasteiger partial charge is 0.244 e. The molecule has 0 aliphatic carbocycles. The second-order valence-corrected chi connectivity index (χ2v) is 7.76. The third-order valence-electron chi connectivity index (χ3n) is 5.57. The Morgan fingerprint density at radius 2 is 2.06 bits per heavy atom. The molecule has 0 radical (unpaired) electrons. The Bertz CT molecular complexity index is 1110. The molecule has 1 N–H and O–H groups in total. The summed E-state index contributed by atoms with van der Waals surface area (Å²) in [7, 11) is 1.63. The molecule has 2 amide bonds. The topological polar surface area (TPSA) is 76.5 Å². The van der Waals surface area contributed by atoms with E-state index in [2.05, 4.69) is 10.4 Å². The van der Waals surface area contributed by atoms with Gasteiger partial charge in [-0.25, -0.2) is 4.39 Å². The van der Waals surface area contributed by atoms with Gasteiger partial charge in [0.05, 0.1) is 31.5 Å². The summed E-state index contributed by atoms with van der Waals surface area (Å²) in [5.74, 6) is -0.0361. The zero-order valence-corrected chi connectivity index (χ0v) is 17.8. The lowest BCUT2D eigenvalue weighted by Crippen LogP contribution is -2.33. The van der Waals surface area contributed by atoms with Gasteiger partial charge in [-0.2, -0.15) is 5.10 Å². The Kier molecular flexibility index (Phi) is 6.49. The Hall–Kier alpha value is -3.68. The van der Waals surface area contributed by atoms with Crippen LogP contribution < -0.4 is 10.1 Å². The van der Waals surface area contributed by atoms with E-state index < -0.39 is 5.82 Å². The largest absolute Gasteiger partial charge is 0.497 e. The summed E-state index contributed by atoms with van der Waals surface area (Å²) in [6.07, 6.45) is 4.84. The van der Waals surface area contributed by atoms with Crippen LogP contribution in [0.5, 0.6) is 5.75 Å². The van der Waals surface area contributed by atoms with Crippen LogP contribution in [0, 0.1) is 5.82 Å². The third-order valence-corrected chi connectivity index (χ3v) is 5.57. The second-order valence-electron chi connectivity index (χ2n) is 7.76. The maximum Gasteiger partial charge on any atom is 0.244 e. The van der Waals surface area contributed by atoms with Gasteiger partial charge in [0.1, 0.15) is 18.1 Å². The SMILES string of the molecule is COc1cccc([C@H]2CCCN2C(=O)Cn2cc(NC(=O)Cc3ccccc3F)cn2)c1. The van der Waals surface area contributed by atoms with Crippen LogP contribution in [0.3, 0.4) is 0 Å². The lowest BCUT2D eigenvalue weighted by Gasteiger charge is -2.25. The van der Waals surface area contributed by atoms with Crippen LogP contribution in [0.25, 0.3) is 0 Å². The van der Waals surface area contributed by atoms with E-state index in [4.69, 9.17) is 4.74 Å². The monoisotopic (exact) mass is 436 g/mol. The molecule has 0 spiro atoms. The molecule has 1 aliphatic rings. The number of likely N-dealkylation sites (tertiary alicyclic amines) is 1. The van der Waals surface area contributed by atoms with Crippen molar-refractivity contribution in [3.8, 4) is 5.75 Å². The first-order valence-electron chi connectivity index (χ1n) is 10.5. The molecule has 2 aromatic carbocycles. The van der Waals surface area contributed by atoms with Crippen molar-refractivity contribution >= 4 is 17.5 Å². The fraction of sp³-hybridized carbons (Fsp3) is 0.292. The minimum absolute atomic E-state index is 0.00750. The second kappa shape index (κ2) is 9.64. The maximum atomic E-state index is 13.7. The van der Waals surface area contributed by atoms with Crippen molar-refractivity contribution in [3.05, 3.63) is 77.9 Å². The van der Waals surface area contributed by atoms with Gasteiger partial charge < -0.3 is 15.0 Å². The zero-order valence-electron chi connectivity index (χ0n) is 17.8. The molecule has 0 unspecified atom stereocenters. The Balaban J connectivity index is 1.37. The van der Waals surface area contributed by atoms with E-state index in [1.807, 2.05) is 29.2 Å². The number of nitrogens with zero attached hydrogens (tertiary/aromatic N) is 3. The molecule has 1 saturated heterocycles. The van der Waals surface area contributed by atoms with Crippen LogP contribution in [0.2, 0.25) is 0 Å². The van der Waals surface area contributed by atoms with Crippen molar-refractivity contribution in [2.24, 2.45) is 0 Å². The number of benzene rings is 2. The highest BCUT2D eigenvalue weighted by atomic mass is 19.1. The highest BCUT2D eigenvalue weighted by Gasteiger charge is 2.30. The quantitative estimate of drug-likeness (QED) is 0.614. The van der Waals surface area contributed by atoms with E-state index in [9.17, 15) is 14.0 Å². The summed E-state index contributed by atoms with van der Waals surface area (Å²) in [5, 5.41) is 6.89. The molecular weight excluding hydrogens is 411 g/mol. The summed E-state index contributed by atoms with van der Waals surface area (Å²) >= 11 is 0. The highest BCUT2D eigenvalue weighted by Crippen LogP contribution is 2.33. The summed E-state index contributed by atoms with van der Waals surface area (Å²) in [5.41, 5.74) is 1.84. The molecule has 1 aliphatic heterocycles. The standard InChI is InChI=1S/C24H25FN4O3/c1-32-20-8-4-7-18(12-20)22-10-5-11-29(22)24(31)16-28-15-19(14-26-28)27-23(30)13-17-6-2-3-9-21(17)25/h2-4,6-9,12,14-15,22H,5,10-11,13,16H2,1H3,(H,27,30)/t22-/m1/s1. The number of hydrogen-bond donors (Lipinski definition) is 1. The molecule has 8 heteroatoms. The Labute approximate surface area is 185 Å². The van der Waals surface area contributed by atoms with Crippen LogP contribution in [0.15, 0.2) is 60.9 Å². The molecule has 166 valence electrons. The number of halogens is 1. The van der Waals surface area contributed by atoms with E-state index in [0.717, 1.165) is 24.2 Å². The van der Waals surface area contributed by atoms with Gasteiger partial charge in [0, 0.05) is 12.7 Å². The predicted molar refractivity (Wildman–Crippen MR) is 118 cm³/mol. The number of hydrogen-bond acceptors (Lipinski definition) is 4. The Morgan fingerprint density at radius 3 is 2.88 bits per heavy atom. The molecule has 1 fully saturated rings. The van der Waals surface area contributed by atoms with Crippen LogP contribution in [0.4, 0.5) is 10.1 Å². The lowest BCUT2D eigenvalue weighted by atomic mass is 10.0. The first-order chi connectivity index (χ1) is 15.5. The van der Waals surface area contributed by atoms with E-state index >= 15 is 0 Å². The molecule has 0 saturated carbocycles. The number of anilines is 1. The summed E-state index contributed by atoms with van der Waals surface area (Å²) < 4.78 is 20.5. The van der Waals surface area contributed by atoms with Crippen molar-refractivity contribution in [1.29, 1.82) is 0 Å². The molecule has 3 aromatic rings. The van der Waals surface area contributed by atoms with Crippen molar-refractivity contribution in [2.45, 2.75) is 31.8 Å². The first kappa shape index (κ1) is 21.5. The number of nitrogens with one attached hydrogen (secondary N) is 1. The number of methoxy groups -OCH3 is 1. The number of amides is 2. The average molecular weight is 436 g/mol. The normalized spacial score (nSPS) is 15.6. The zero-order chi connectivity index (χ0) is 22.5. The minimum Gasteiger partial charge on any atom is -0.497 e. The number of ether oxygens (including phenoxy) is 1. The molecule has 7 nitrogen and oxygen atoms in total. The molecule has 2 heterocycles. The van der Waals surface area contributed by atoms with Gasteiger partial charge in [0.2, 0.25) is 11.8 Å². The van der Waals surface area contributed by atoms with Crippen molar-refractivity contribution < 1.29 is 18.7 Å². The molecule has 4 rings (SSSR count). The van der Waals surface area contributed by atoms with E-state index in [0.29, 0.717) is 17.8 Å². The van der Waals surface area contributed by atoms with Gasteiger partial charge in [-0.15, -0.1) is 0 Å². The number of rotatable bonds is 7. The van der Waals surface area contributed by atoms with Gasteiger partial charge in [0.25, 0.3) is 0 Å². The molecule has 0 bridgehead atoms. The van der Waals surface area contributed by atoms with Crippen LogP contribution >= 0.6 is 0 Å². The number of carbonyl (C=O) groups is 2. The summed E-state index contributed by atoms with van der Waals surface area (Å²) in [6, 6.07) is 14.0. The van der Waals surface area contributed by atoms with E-state index in [1.165, 1.54) is 16.9 Å². The van der Waals surface area contributed by atoms with Crippen LogP contribution in [-0.2, 0) is 22.6 Å². The fourth-order valence-electron chi connectivity index (χ4n) is 4.02. The summed E-state index contributed by atoms with van der Waals surface area (Å²) in [6.45, 7) is 0.762. The van der Waals surface area contributed by atoms with Gasteiger partial charge in [-0.1, -0.05) is 30.3 Å². The van der Waals surface area contributed by atoms with Crippen LogP contribution in [0.1, 0.15) is 30.0 Å². The van der Waals surface area contributed by atoms with Crippen molar-refractivity contribution in [1.82, 2.24) is 14.7 Å². The number of carbonyl (C=O) groups excluding carboxylic acids is 2. The van der Waals surface area contributed by atoms with E-state index in [-0.39, 0.29) is 30.8 Å². The molecule has 32 heavy (non-hydrogen) atoms. The van der Waals surface area contributed by atoms with Crippen molar-refractivity contribution in [3.63, 3.8) is 0 Å². The van der Waals surface area contributed by atoms with Gasteiger partial charge >= 0.3 is 0 Å². The Morgan fingerprint density at radius 1 is 1.22 bits per heavy atom. The third kappa shape index (κ3) is 4.96. The molecule has 1 aromatic heterocycles. The van der Waals surface area contributed by atoms with Crippen molar-refractivity contribution in [2.75, 3.05) is 19.0 Å². The average Bonchev–Trinajstić information content (AvgIpc) is 3.45. The van der Waals surface area contributed by atoms with Crippen LogP contribution in [-0.4, -0.2) is 40.1 Å². The summed E-state index contributed by atoms with van der Waals surface area (Å²) in [4.78, 5) is 27.1. The van der Waals surface area contributed by atoms with Gasteiger partial charge in [-0.05, 0) is 42.2 Å². The van der Waals surface area contributed by atoms with E-state index in [1.54, 1.807) is 31.5 Å². The fourth-order valence-corrected chi connectivity index (χ4v) is 4.02. The molecular formula is C24H25FN4O3. The highest BCUT2D eigenvalue weighted by molar-refractivity contribution is 5.92. The number of aromatic nitrogens is 2. The molecule has 1 atom stereocenters. The van der Waals surface area contributed by atoms with Gasteiger partial charge in [0.15, 0.2) is 0 Å². The lowest BCUT2D eigenvalue weighted by molar-refractivity contribution is -0.133. The first-order valence-corrected chi connectivity index (χ1v) is 10.5. The maximum absolute atomic E-state index is 13.7.